The molecule has 1 fully saturated rings. The highest BCUT2D eigenvalue weighted by atomic mass is 16.4. The fourth-order valence-corrected chi connectivity index (χ4v) is 1.95. The Hall–Kier alpha value is -1.26. The molecule has 1 aliphatic carbocycles. The lowest BCUT2D eigenvalue weighted by atomic mass is 10.1. The summed E-state index contributed by atoms with van der Waals surface area (Å²) in [4.78, 5) is 22.1. The number of amides is 2. The van der Waals surface area contributed by atoms with Gasteiger partial charge in [-0.05, 0) is 32.1 Å². The molecule has 0 aromatic carbocycles. The minimum absolute atomic E-state index is 0.0841. The van der Waals surface area contributed by atoms with E-state index in [0.717, 1.165) is 18.8 Å². The molecule has 1 rings (SSSR count). The number of nitrogens with one attached hydrogen (secondary N) is 2. The largest absolute Gasteiger partial charge is 0.481 e. The molecule has 0 aliphatic heterocycles. The molecule has 18 heavy (non-hydrogen) atoms. The van der Waals surface area contributed by atoms with E-state index in [9.17, 15) is 9.59 Å². The van der Waals surface area contributed by atoms with Crippen LogP contribution in [0.15, 0.2) is 0 Å². The number of carboxylic acid groups (broad SMARTS) is 1. The average molecular weight is 256 g/mol. The molecule has 0 saturated heterocycles. The summed E-state index contributed by atoms with van der Waals surface area (Å²) in [6, 6.07) is -0.0518. The Morgan fingerprint density at radius 3 is 2.50 bits per heavy atom. The fourth-order valence-electron chi connectivity index (χ4n) is 1.95. The summed E-state index contributed by atoms with van der Waals surface area (Å²) in [6.07, 6.45) is 5.12. The van der Waals surface area contributed by atoms with Crippen LogP contribution in [-0.4, -0.2) is 29.2 Å². The summed E-state index contributed by atoms with van der Waals surface area (Å²) >= 11 is 0. The van der Waals surface area contributed by atoms with Crippen LogP contribution in [0.2, 0.25) is 0 Å². The van der Waals surface area contributed by atoms with Gasteiger partial charge >= 0.3 is 12.0 Å². The zero-order chi connectivity index (χ0) is 13.5. The number of carboxylic acids is 1. The Morgan fingerprint density at radius 1 is 1.33 bits per heavy atom. The highest BCUT2D eigenvalue weighted by Gasteiger charge is 2.25. The van der Waals surface area contributed by atoms with Crippen molar-refractivity contribution in [2.75, 3.05) is 0 Å². The van der Waals surface area contributed by atoms with Crippen LogP contribution in [0, 0.1) is 5.92 Å². The molecule has 2 unspecified atom stereocenters. The van der Waals surface area contributed by atoms with Gasteiger partial charge in [-0.3, -0.25) is 4.79 Å². The topological polar surface area (TPSA) is 78.4 Å². The number of hydrogen-bond donors (Lipinski definition) is 3. The summed E-state index contributed by atoms with van der Waals surface area (Å²) in [7, 11) is 0. The maximum atomic E-state index is 11.7. The minimum atomic E-state index is -0.829. The fraction of sp³-hybridized carbons (Fsp3) is 0.846. The van der Waals surface area contributed by atoms with Crippen LogP contribution in [0.5, 0.6) is 0 Å². The van der Waals surface area contributed by atoms with Gasteiger partial charge in [-0.15, -0.1) is 0 Å². The third kappa shape index (κ3) is 6.47. The van der Waals surface area contributed by atoms with Crippen LogP contribution in [0.25, 0.3) is 0 Å². The molecule has 0 aromatic rings. The molecular weight excluding hydrogens is 232 g/mol. The lowest BCUT2D eigenvalue weighted by Crippen LogP contribution is -2.45. The van der Waals surface area contributed by atoms with Crippen molar-refractivity contribution in [3.05, 3.63) is 0 Å². The second-order valence-electron chi connectivity index (χ2n) is 5.24. The molecule has 2 amide bonds. The highest BCUT2D eigenvalue weighted by Crippen LogP contribution is 2.33. The van der Waals surface area contributed by atoms with Crippen molar-refractivity contribution < 1.29 is 14.7 Å². The van der Waals surface area contributed by atoms with Gasteiger partial charge < -0.3 is 15.7 Å². The molecule has 0 radical (unpaired) electrons. The first kappa shape index (κ1) is 14.8. The van der Waals surface area contributed by atoms with Crippen molar-refractivity contribution in [2.24, 2.45) is 5.92 Å². The van der Waals surface area contributed by atoms with Gasteiger partial charge in [0.05, 0.1) is 0 Å². The summed E-state index contributed by atoms with van der Waals surface area (Å²) < 4.78 is 0. The summed E-state index contributed by atoms with van der Waals surface area (Å²) in [5, 5.41) is 14.3. The Bertz CT molecular complexity index is 290. The predicted molar refractivity (Wildman–Crippen MR) is 69.4 cm³/mol. The minimum Gasteiger partial charge on any atom is -0.481 e. The van der Waals surface area contributed by atoms with E-state index in [1.165, 1.54) is 12.8 Å². The predicted octanol–water partition coefficient (Wildman–Crippen LogP) is 2.12. The number of hydrogen-bond acceptors (Lipinski definition) is 2. The lowest BCUT2D eigenvalue weighted by molar-refractivity contribution is -0.137. The van der Waals surface area contributed by atoms with Crippen LogP contribution >= 0.6 is 0 Å². The van der Waals surface area contributed by atoms with E-state index >= 15 is 0 Å². The number of carbonyl (C=O) groups is 2. The van der Waals surface area contributed by atoms with Gasteiger partial charge in [0.1, 0.15) is 0 Å². The third-order valence-corrected chi connectivity index (χ3v) is 3.31. The van der Waals surface area contributed by atoms with Crippen LogP contribution in [-0.2, 0) is 4.79 Å². The van der Waals surface area contributed by atoms with Crippen molar-refractivity contribution in [1.29, 1.82) is 0 Å². The summed E-state index contributed by atoms with van der Waals surface area (Å²) in [5.74, 6) is -0.0380. The van der Waals surface area contributed by atoms with Crippen LogP contribution in [0.3, 0.4) is 0 Å². The molecule has 0 aromatic heterocycles. The van der Waals surface area contributed by atoms with Crippen molar-refractivity contribution in [1.82, 2.24) is 10.6 Å². The second kappa shape index (κ2) is 7.24. The summed E-state index contributed by atoms with van der Waals surface area (Å²) in [6.45, 7) is 3.89. The molecule has 5 heteroatoms. The highest BCUT2D eigenvalue weighted by molar-refractivity contribution is 5.74. The van der Waals surface area contributed by atoms with E-state index in [2.05, 4.69) is 17.6 Å². The zero-order valence-corrected chi connectivity index (χ0v) is 11.2. The van der Waals surface area contributed by atoms with E-state index in [0.29, 0.717) is 6.42 Å². The van der Waals surface area contributed by atoms with E-state index in [1.807, 2.05) is 6.92 Å². The number of urea groups is 1. The van der Waals surface area contributed by atoms with E-state index < -0.39 is 5.97 Å². The average Bonchev–Trinajstić information content (AvgIpc) is 3.09. The van der Waals surface area contributed by atoms with Gasteiger partial charge in [0.25, 0.3) is 0 Å². The normalized spacial score (nSPS) is 17.9. The molecular formula is C13H24N2O3. The van der Waals surface area contributed by atoms with Gasteiger partial charge in [0.2, 0.25) is 0 Å². The molecule has 0 bridgehead atoms. The van der Waals surface area contributed by atoms with Gasteiger partial charge in [-0.25, -0.2) is 4.79 Å². The SMILES string of the molecule is CCC(CC1CC1)NC(=O)NC(C)CCC(=O)O. The van der Waals surface area contributed by atoms with Crippen molar-refractivity contribution in [3.63, 3.8) is 0 Å². The maximum Gasteiger partial charge on any atom is 0.315 e. The van der Waals surface area contributed by atoms with E-state index in [-0.39, 0.29) is 24.5 Å². The summed E-state index contributed by atoms with van der Waals surface area (Å²) in [5.41, 5.74) is 0. The molecule has 2 atom stereocenters. The smallest absolute Gasteiger partial charge is 0.315 e. The van der Waals surface area contributed by atoms with Gasteiger partial charge in [-0.2, -0.15) is 0 Å². The van der Waals surface area contributed by atoms with Crippen molar-refractivity contribution >= 4 is 12.0 Å². The van der Waals surface area contributed by atoms with Gasteiger partial charge in [0.15, 0.2) is 0 Å². The van der Waals surface area contributed by atoms with Crippen molar-refractivity contribution in [3.8, 4) is 0 Å². The van der Waals surface area contributed by atoms with Crippen LogP contribution in [0.1, 0.15) is 52.4 Å². The van der Waals surface area contributed by atoms with E-state index in [1.54, 1.807) is 0 Å². The van der Waals surface area contributed by atoms with E-state index in [4.69, 9.17) is 5.11 Å². The standard InChI is InChI=1S/C13H24N2O3/c1-3-11(8-10-5-6-10)15-13(18)14-9(2)4-7-12(16)17/h9-11H,3-8H2,1-2H3,(H,16,17)(H2,14,15,18). The van der Waals surface area contributed by atoms with Gasteiger partial charge in [-0.1, -0.05) is 19.8 Å². The molecule has 5 nitrogen and oxygen atoms in total. The maximum absolute atomic E-state index is 11.7. The molecule has 1 aliphatic rings. The lowest BCUT2D eigenvalue weighted by Gasteiger charge is -2.19. The molecule has 104 valence electrons. The second-order valence-corrected chi connectivity index (χ2v) is 5.24. The molecule has 0 spiro atoms. The first-order chi connectivity index (χ1) is 8.51. The molecule has 1 saturated carbocycles. The third-order valence-electron chi connectivity index (χ3n) is 3.31. The quantitative estimate of drug-likeness (QED) is 0.622. The molecule has 3 N–H and O–H groups in total. The first-order valence-electron chi connectivity index (χ1n) is 6.80. The monoisotopic (exact) mass is 256 g/mol. The number of rotatable bonds is 8. The Labute approximate surface area is 108 Å². The Morgan fingerprint density at radius 2 is 2.00 bits per heavy atom. The number of aliphatic carboxylic acids is 1. The molecule has 0 heterocycles. The Kier molecular flexibility index (Phi) is 5.95. The van der Waals surface area contributed by atoms with Crippen LogP contribution < -0.4 is 10.6 Å². The van der Waals surface area contributed by atoms with Crippen LogP contribution in [0.4, 0.5) is 4.79 Å². The zero-order valence-electron chi connectivity index (χ0n) is 11.2. The van der Waals surface area contributed by atoms with Gasteiger partial charge in [0, 0.05) is 18.5 Å². The number of carbonyl (C=O) groups excluding carboxylic acids is 1. The first-order valence-corrected chi connectivity index (χ1v) is 6.80. The van der Waals surface area contributed by atoms with Crippen molar-refractivity contribution in [2.45, 2.75) is 64.5 Å². The Balaban J connectivity index is 2.19.